The summed E-state index contributed by atoms with van der Waals surface area (Å²) in [5.74, 6) is 0.210. The minimum absolute atomic E-state index is 0.228. The van der Waals surface area contributed by atoms with Gasteiger partial charge >= 0.3 is 0 Å². The van der Waals surface area contributed by atoms with Crippen LogP contribution in [0.5, 0.6) is 0 Å². The molecular weight excluding hydrogens is 297 g/mol. The number of hydrogen-bond donors (Lipinski definition) is 2. The Hall–Kier alpha value is -3.15. The molecular formula is C17H14FN3O2. The van der Waals surface area contributed by atoms with Crippen molar-refractivity contribution in [3.05, 3.63) is 78.1 Å². The fraction of sp³-hybridized carbons (Fsp3) is 0.0588. The lowest BCUT2D eigenvalue weighted by molar-refractivity contribution is 0.0996. The summed E-state index contributed by atoms with van der Waals surface area (Å²) in [6.45, 7) is 0.331. The van der Waals surface area contributed by atoms with Gasteiger partial charge in [-0.3, -0.25) is 4.79 Å². The quantitative estimate of drug-likeness (QED) is 0.754. The molecule has 0 spiro atoms. The Morgan fingerprint density at radius 1 is 1.13 bits per heavy atom. The van der Waals surface area contributed by atoms with Crippen LogP contribution in [0.2, 0.25) is 0 Å². The largest absolute Gasteiger partial charge is 0.459 e. The van der Waals surface area contributed by atoms with E-state index in [0.717, 1.165) is 0 Å². The second-order valence-electron chi connectivity index (χ2n) is 4.81. The highest BCUT2D eigenvalue weighted by Crippen LogP contribution is 2.13. The van der Waals surface area contributed by atoms with Gasteiger partial charge in [0.05, 0.1) is 18.1 Å². The maximum atomic E-state index is 13.5. The molecule has 2 N–H and O–H groups in total. The van der Waals surface area contributed by atoms with E-state index in [9.17, 15) is 9.18 Å². The smallest absolute Gasteiger partial charge is 0.291 e. The Morgan fingerprint density at radius 2 is 2.00 bits per heavy atom. The van der Waals surface area contributed by atoms with Gasteiger partial charge in [-0.05, 0) is 30.3 Å². The van der Waals surface area contributed by atoms with Crippen molar-refractivity contribution in [2.24, 2.45) is 0 Å². The van der Waals surface area contributed by atoms with Gasteiger partial charge < -0.3 is 15.1 Å². The van der Waals surface area contributed by atoms with Crippen LogP contribution in [0.4, 0.5) is 15.9 Å². The van der Waals surface area contributed by atoms with Crippen molar-refractivity contribution in [3.8, 4) is 0 Å². The topological polar surface area (TPSA) is 67.2 Å². The predicted molar refractivity (Wildman–Crippen MR) is 84.6 cm³/mol. The SMILES string of the molecule is O=C(Nc1ccc(NCc2ccccc2F)nc1)c1ccco1. The first-order valence-corrected chi connectivity index (χ1v) is 7.00. The number of halogens is 1. The van der Waals surface area contributed by atoms with Crippen LogP contribution in [-0.4, -0.2) is 10.9 Å². The van der Waals surface area contributed by atoms with E-state index in [1.54, 1.807) is 42.5 Å². The number of anilines is 2. The molecule has 0 atom stereocenters. The molecule has 0 saturated heterocycles. The number of carbonyl (C=O) groups excluding carboxylic acids is 1. The Labute approximate surface area is 132 Å². The number of aromatic nitrogens is 1. The summed E-state index contributed by atoms with van der Waals surface area (Å²) in [7, 11) is 0. The Morgan fingerprint density at radius 3 is 2.70 bits per heavy atom. The van der Waals surface area contributed by atoms with Crippen LogP contribution in [0.25, 0.3) is 0 Å². The van der Waals surface area contributed by atoms with Gasteiger partial charge in [-0.15, -0.1) is 0 Å². The maximum absolute atomic E-state index is 13.5. The number of nitrogens with one attached hydrogen (secondary N) is 2. The van der Waals surface area contributed by atoms with E-state index in [-0.39, 0.29) is 17.5 Å². The number of rotatable bonds is 5. The molecule has 0 aliphatic carbocycles. The average Bonchev–Trinajstić information content (AvgIpc) is 3.10. The normalized spacial score (nSPS) is 10.3. The second kappa shape index (κ2) is 6.74. The van der Waals surface area contributed by atoms with E-state index < -0.39 is 0 Å². The van der Waals surface area contributed by atoms with Gasteiger partial charge in [0.1, 0.15) is 11.6 Å². The number of amides is 1. The summed E-state index contributed by atoms with van der Waals surface area (Å²) in [5, 5.41) is 5.70. The monoisotopic (exact) mass is 311 g/mol. The van der Waals surface area contributed by atoms with Gasteiger partial charge in [0.25, 0.3) is 5.91 Å². The lowest BCUT2D eigenvalue weighted by atomic mass is 10.2. The fourth-order valence-corrected chi connectivity index (χ4v) is 2.00. The number of benzene rings is 1. The van der Waals surface area contributed by atoms with Crippen LogP contribution in [0, 0.1) is 5.82 Å². The molecule has 5 nitrogen and oxygen atoms in total. The minimum atomic E-state index is -0.344. The third kappa shape index (κ3) is 3.74. The summed E-state index contributed by atoms with van der Waals surface area (Å²) in [5.41, 5.74) is 1.10. The number of furan rings is 1. The van der Waals surface area contributed by atoms with Gasteiger partial charge in [0, 0.05) is 12.1 Å². The highest BCUT2D eigenvalue weighted by Gasteiger charge is 2.08. The van der Waals surface area contributed by atoms with Gasteiger partial charge in [0.15, 0.2) is 5.76 Å². The number of carbonyl (C=O) groups is 1. The molecule has 116 valence electrons. The van der Waals surface area contributed by atoms with E-state index in [1.807, 2.05) is 0 Å². The lowest BCUT2D eigenvalue weighted by Crippen LogP contribution is -2.11. The summed E-state index contributed by atoms with van der Waals surface area (Å²) < 4.78 is 18.5. The zero-order valence-corrected chi connectivity index (χ0v) is 12.1. The summed E-state index contributed by atoms with van der Waals surface area (Å²) in [6.07, 6.45) is 2.95. The maximum Gasteiger partial charge on any atom is 0.291 e. The first-order chi connectivity index (χ1) is 11.2. The van der Waals surface area contributed by atoms with Crippen LogP contribution in [-0.2, 0) is 6.54 Å². The van der Waals surface area contributed by atoms with Crippen LogP contribution in [0.15, 0.2) is 65.4 Å². The number of hydrogen-bond acceptors (Lipinski definition) is 4. The lowest BCUT2D eigenvalue weighted by Gasteiger charge is -2.08. The third-order valence-electron chi connectivity index (χ3n) is 3.18. The molecule has 1 aromatic carbocycles. The molecule has 0 radical (unpaired) electrons. The molecule has 2 heterocycles. The van der Waals surface area contributed by atoms with Crippen molar-refractivity contribution < 1.29 is 13.6 Å². The third-order valence-corrected chi connectivity index (χ3v) is 3.18. The van der Waals surface area contributed by atoms with Gasteiger partial charge in [-0.2, -0.15) is 0 Å². The van der Waals surface area contributed by atoms with Crippen LogP contribution in [0.3, 0.4) is 0 Å². The molecule has 23 heavy (non-hydrogen) atoms. The van der Waals surface area contributed by atoms with Crippen molar-refractivity contribution in [1.29, 1.82) is 0 Å². The van der Waals surface area contributed by atoms with Crippen molar-refractivity contribution in [3.63, 3.8) is 0 Å². The molecule has 0 aliphatic heterocycles. The van der Waals surface area contributed by atoms with E-state index >= 15 is 0 Å². The summed E-state index contributed by atoms with van der Waals surface area (Å²) >= 11 is 0. The Bertz CT molecular complexity index is 786. The van der Waals surface area contributed by atoms with Crippen LogP contribution >= 0.6 is 0 Å². The highest BCUT2D eigenvalue weighted by molar-refractivity contribution is 6.02. The zero-order chi connectivity index (χ0) is 16.1. The Balaban J connectivity index is 1.59. The fourth-order valence-electron chi connectivity index (χ4n) is 2.00. The van der Waals surface area contributed by atoms with Gasteiger partial charge in [-0.25, -0.2) is 9.37 Å². The van der Waals surface area contributed by atoms with E-state index in [2.05, 4.69) is 15.6 Å². The number of pyridine rings is 1. The number of nitrogens with zero attached hydrogens (tertiary/aromatic N) is 1. The summed E-state index contributed by atoms with van der Waals surface area (Å²) in [4.78, 5) is 16.0. The molecule has 3 rings (SSSR count). The van der Waals surface area contributed by atoms with Crippen molar-refractivity contribution in [1.82, 2.24) is 4.98 Å². The first kappa shape index (κ1) is 14.8. The average molecular weight is 311 g/mol. The van der Waals surface area contributed by atoms with E-state index in [1.165, 1.54) is 18.5 Å². The molecule has 2 aromatic heterocycles. The minimum Gasteiger partial charge on any atom is -0.459 e. The molecule has 1 amide bonds. The first-order valence-electron chi connectivity index (χ1n) is 7.00. The van der Waals surface area contributed by atoms with Crippen molar-refractivity contribution in [2.75, 3.05) is 10.6 Å². The van der Waals surface area contributed by atoms with Crippen LogP contribution in [0.1, 0.15) is 16.1 Å². The molecule has 0 bridgehead atoms. The van der Waals surface area contributed by atoms with Gasteiger partial charge in [-0.1, -0.05) is 18.2 Å². The standard InChI is InChI=1S/C17H14FN3O2/c18-14-5-2-1-4-12(14)10-19-16-8-7-13(11-20-16)21-17(22)15-6-3-9-23-15/h1-9,11H,10H2,(H,19,20)(H,21,22). The highest BCUT2D eigenvalue weighted by atomic mass is 19.1. The zero-order valence-electron chi connectivity index (χ0n) is 12.1. The summed E-state index contributed by atoms with van der Waals surface area (Å²) in [6, 6.07) is 13.2. The Kier molecular flexibility index (Phi) is 4.33. The van der Waals surface area contributed by atoms with E-state index in [4.69, 9.17) is 4.42 Å². The van der Waals surface area contributed by atoms with Crippen LogP contribution < -0.4 is 10.6 Å². The predicted octanol–water partition coefficient (Wildman–Crippen LogP) is 3.68. The van der Waals surface area contributed by atoms with Crippen molar-refractivity contribution >= 4 is 17.4 Å². The molecule has 0 saturated carbocycles. The second-order valence-corrected chi connectivity index (χ2v) is 4.81. The molecule has 3 aromatic rings. The molecule has 6 heteroatoms. The molecule has 0 fully saturated rings. The molecule has 0 unspecified atom stereocenters. The van der Waals surface area contributed by atoms with Gasteiger partial charge in [0.2, 0.25) is 0 Å². The molecule has 0 aliphatic rings. The van der Waals surface area contributed by atoms with E-state index in [0.29, 0.717) is 23.6 Å². The van der Waals surface area contributed by atoms with Crippen molar-refractivity contribution in [2.45, 2.75) is 6.54 Å².